The van der Waals surface area contributed by atoms with Crippen LogP contribution in [-0.4, -0.2) is 4.98 Å². The van der Waals surface area contributed by atoms with Crippen LogP contribution in [0.4, 0.5) is 0 Å². The highest BCUT2D eigenvalue weighted by molar-refractivity contribution is 6.06. The molecule has 138 valence electrons. The summed E-state index contributed by atoms with van der Waals surface area (Å²) in [6.07, 6.45) is 0. The highest BCUT2D eigenvalue weighted by atomic mass is 14.7. The van der Waals surface area contributed by atoms with Gasteiger partial charge in [-0.2, -0.15) is 0 Å². The SMILES string of the molecule is CC1(C)c2ccccc2-c2c1c(-c1cccc3ccccc13)nc1ccccc21. The molecule has 0 amide bonds. The summed E-state index contributed by atoms with van der Waals surface area (Å²) < 4.78 is 0. The molecule has 5 aromatic rings. The summed E-state index contributed by atoms with van der Waals surface area (Å²) in [5.41, 5.74) is 8.69. The van der Waals surface area contributed by atoms with Gasteiger partial charge in [0.2, 0.25) is 0 Å². The van der Waals surface area contributed by atoms with Gasteiger partial charge in [0.15, 0.2) is 0 Å². The summed E-state index contributed by atoms with van der Waals surface area (Å²) in [4.78, 5) is 5.25. The van der Waals surface area contributed by atoms with E-state index in [0.29, 0.717) is 0 Å². The Morgan fingerprint density at radius 1 is 0.621 bits per heavy atom. The largest absolute Gasteiger partial charge is 0.247 e. The van der Waals surface area contributed by atoms with Gasteiger partial charge in [0.1, 0.15) is 0 Å². The molecule has 0 saturated heterocycles. The van der Waals surface area contributed by atoms with Crippen LogP contribution in [-0.2, 0) is 5.41 Å². The summed E-state index contributed by atoms with van der Waals surface area (Å²) in [5.74, 6) is 0. The molecule has 0 radical (unpaired) electrons. The number of hydrogen-bond acceptors (Lipinski definition) is 1. The summed E-state index contributed by atoms with van der Waals surface area (Å²) in [6, 6.07) is 32.6. The summed E-state index contributed by atoms with van der Waals surface area (Å²) in [5, 5.41) is 3.75. The third kappa shape index (κ3) is 2.19. The minimum atomic E-state index is -0.102. The molecule has 1 aromatic heterocycles. The van der Waals surface area contributed by atoms with Gasteiger partial charge in [-0.25, -0.2) is 4.98 Å². The quantitative estimate of drug-likeness (QED) is 0.300. The van der Waals surface area contributed by atoms with Crippen LogP contribution in [0.1, 0.15) is 25.0 Å². The predicted molar refractivity (Wildman–Crippen MR) is 122 cm³/mol. The Hall–Kier alpha value is -3.45. The molecule has 0 atom stereocenters. The van der Waals surface area contributed by atoms with Crippen LogP contribution in [0.3, 0.4) is 0 Å². The molecule has 1 nitrogen and oxygen atoms in total. The van der Waals surface area contributed by atoms with Crippen molar-refractivity contribution in [2.24, 2.45) is 0 Å². The molecule has 0 bridgehead atoms. The first-order chi connectivity index (χ1) is 14.2. The van der Waals surface area contributed by atoms with Crippen molar-refractivity contribution < 1.29 is 0 Å². The van der Waals surface area contributed by atoms with Crippen LogP contribution in [0.15, 0.2) is 91.0 Å². The number of hydrogen-bond donors (Lipinski definition) is 0. The summed E-state index contributed by atoms with van der Waals surface area (Å²) in [7, 11) is 0. The monoisotopic (exact) mass is 371 g/mol. The molecule has 0 N–H and O–H groups in total. The van der Waals surface area contributed by atoms with Gasteiger partial charge in [0.05, 0.1) is 11.2 Å². The number of rotatable bonds is 1. The molecule has 1 heteroatoms. The molecule has 0 fully saturated rings. The molecule has 0 saturated carbocycles. The maximum Gasteiger partial charge on any atom is 0.0763 e. The van der Waals surface area contributed by atoms with E-state index in [1.807, 2.05) is 0 Å². The van der Waals surface area contributed by atoms with Crippen molar-refractivity contribution >= 4 is 21.7 Å². The Morgan fingerprint density at radius 3 is 2.17 bits per heavy atom. The van der Waals surface area contributed by atoms with Crippen LogP contribution < -0.4 is 0 Å². The average molecular weight is 371 g/mol. The van der Waals surface area contributed by atoms with Gasteiger partial charge >= 0.3 is 0 Å². The van der Waals surface area contributed by atoms with Crippen LogP contribution in [0.2, 0.25) is 0 Å². The van der Waals surface area contributed by atoms with E-state index in [4.69, 9.17) is 4.98 Å². The van der Waals surface area contributed by atoms with Crippen LogP contribution in [0.5, 0.6) is 0 Å². The first-order valence-electron chi connectivity index (χ1n) is 10.2. The maximum absolute atomic E-state index is 5.25. The Morgan fingerprint density at radius 2 is 1.28 bits per heavy atom. The van der Waals surface area contributed by atoms with Crippen molar-refractivity contribution in [3.05, 3.63) is 102 Å². The van der Waals surface area contributed by atoms with Gasteiger partial charge in [-0.1, -0.05) is 98.8 Å². The van der Waals surface area contributed by atoms with E-state index >= 15 is 0 Å². The van der Waals surface area contributed by atoms with E-state index in [-0.39, 0.29) is 5.41 Å². The molecule has 1 heterocycles. The third-order valence-electron chi connectivity index (χ3n) is 6.43. The van der Waals surface area contributed by atoms with Crippen molar-refractivity contribution in [2.75, 3.05) is 0 Å². The molecule has 1 aliphatic carbocycles. The predicted octanol–water partition coefficient (Wildman–Crippen LogP) is 7.36. The smallest absolute Gasteiger partial charge is 0.0763 e. The Labute approximate surface area is 170 Å². The minimum Gasteiger partial charge on any atom is -0.247 e. The van der Waals surface area contributed by atoms with Crippen molar-refractivity contribution in [1.29, 1.82) is 0 Å². The highest BCUT2D eigenvalue weighted by Gasteiger charge is 2.39. The highest BCUT2D eigenvalue weighted by Crippen LogP contribution is 2.54. The number of benzene rings is 4. The molecule has 1 aliphatic rings. The lowest BCUT2D eigenvalue weighted by molar-refractivity contribution is 0.660. The third-order valence-corrected chi connectivity index (χ3v) is 6.43. The van der Waals surface area contributed by atoms with Gasteiger partial charge in [-0.05, 0) is 39.1 Å². The minimum absolute atomic E-state index is 0.102. The van der Waals surface area contributed by atoms with Crippen molar-refractivity contribution in [3.8, 4) is 22.4 Å². The lowest BCUT2D eigenvalue weighted by Gasteiger charge is -2.25. The van der Waals surface area contributed by atoms with Crippen LogP contribution in [0, 0.1) is 0 Å². The molecule has 6 rings (SSSR count). The fraction of sp³-hybridized carbons (Fsp3) is 0.107. The molecule has 0 unspecified atom stereocenters. The van der Waals surface area contributed by atoms with E-state index in [9.17, 15) is 0 Å². The average Bonchev–Trinajstić information content (AvgIpc) is 3.01. The number of aromatic nitrogens is 1. The molecule has 4 aromatic carbocycles. The molecular weight excluding hydrogens is 350 g/mol. The molecular formula is C28H21N. The first kappa shape index (κ1) is 16.5. The Balaban J connectivity index is 1.83. The van der Waals surface area contributed by atoms with Gasteiger partial charge in [0, 0.05) is 16.4 Å². The fourth-order valence-electron chi connectivity index (χ4n) is 5.11. The zero-order valence-electron chi connectivity index (χ0n) is 16.6. The number of fused-ring (bicyclic) bond motifs is 6. The van der Waals surface area contributed by atoms with Gasteiger partial charge in [-0.3, -0.25) is 0 Å². The summed E-state index contributed by atoms with van der Waals surface area (Å²) in [6.45, 7) is 4.67. The topological polar surface area (TPSA) is 12.9 Å². The zero-order chi connectivity index (χ0) is 19.6. The standard InChI is InChI=1S/C28H21N/c1-28(2)23-16-7-5-13-21(23)25-22-14-6-8-17-24(22)29-27(26(25)28)20-15-9-11-18-10-3-4-12-19(18)20/h3-17H,1-2H3. The summed E-state index contributed by atoms with van der Waals surface area (Å²) >= 11 is 0. The second kappa shape index (κ2) is 5.78. The zero-order valence-corrected chi connectivity index (χ0v) is 16.6. The van der Waals surface area contributed by atoms with Gasteiger partial charge in [-0.15, -0.1) is 0 Å². The van der Waals surface area contributed by atoms with E-state index in [0.717, 1.165) is 11.2 Å². The lowest BCUT2D eigenvalue weighted by atomic mass is 9.79. The number of nitrogens with zero attached hydrogens (tertiary/aromatic N) is 1. The fourth-order valence-corrected chi connectivity index (χ4v) is 5.11. The lowest BCUT2D eigenvalue weighted by Crippen LogP contribution is -2.17. The number of para-hydroxylation sites is 1. The van der Waals surface area contributed by atoms with E-state index in [1.165, 1.54) is 44.0 Å². The van der Waals surface area contributed by atoms with Crippen LogP contribution in [0.25, 0.3) is 44.1 Å². The van der Waals surface area contributed by atoms with Crippen molar-refractivity contribution in [3.63, 3.8) is 0 Å². The Bertz CT molecular complexity index is 1420. The molecule has 0 spiro atoms. The normalized spacial score (nSPS) is 14.1. The number of pyridine rings is 1. The molecule has 29 heavy (non-hydrogen) atoms. The van der Waals surface area contributed by atoms with Crippen LogP contribution >= 0.6 is 0 Å². The maximum atomic E-state index is 5.25. The first-order valence-corrected chi connectivity index (χ1v) is 10.2. The van der Waals surface area contributed by atoms with E-state index < -0.39 is 0 Å². The second-order valence-corrected chi connectivity index (χ2v) is 8.42. The van der Waals surface area contributed by atoms with Gasteiger partial charge in [0.25, 0.3) is 0 Å². The second-order valence-electron chi connectivity index (χ2n) is 8.42. The van der Waals surface area contributed by atoms with E-state index in [1.54, 1.807) is 0 Å². The Kier molecular flexibility index (Phi) is 3.29. The molecule has 0 aliphatic heterocycles. The van der Waals surface area contributed by atoms with Crippen molar-refractivity contribution in [2.45, 2.75) is 19.3 Å². The van der Waals surface area contributed by atoms with E-state index in [2.05, 4.69) is 105 Å². The van der Waals surface area contributed by atoms with Gasteiger partial charge < -0.3 is 0 Å². The van der Waals surface area contributed by atoms with Crippen molar-refractivity contribution in [1.82, 2.24) is 4.98 Å².